The number of rotatable bonds is 5. The molecule has 0 saturated heterocycles. The number of carbonyl (C=O) groups excluding carboxylic acids is 1. The highest BCUT2D eigenvalue weighted by Gasteiger charge is 2.11. The first-order valence-corrected chi connectivity index (χ1v) is 8.24. The molecule has 1 aromatic heterocycles. The smallest absolute Gasteiger partial charge is 0.232 e. The molecular weight excluding hydrogens is 368 g/mol. The Hall–Kier alpha value is -2.60. The zero-order valence-corrected chi connectivity index (χ0v) is 15.0. The van der Waals surface area contributed by atoms with Gasteiger partial charge in [0.15, 0.2) is 0 Å². The zero-order valence-electron chi connectivity index (χ0n) is 13.4. The van der Waals surface area contributed by atoms with E-state index < -0.39 is 0 Å². The summed E-state index contributed by atoms with van der Waals surface area (Å²) < 4.78 is 2.68. The molecule has 0 atom stereocenters. The Morgan fingerprint density at radius 1 is 1.21 bits per heavy atom. The number of benzene rings is 2. The molecule has 122 valence electrons. The fraction of sp³-hybridized carbons (Fsp3) is 0.111. The molecule has 5 nitrogen and oxygen atoms in total. The molecule has 0 fully saturated rings. The molecule has 0 radical (unpaired) electrons. The average molecular weight is 385 g/mol. The van der Waals surface area contributed by atoms with E-state index in [9.17, 15) is 4.79 Å². The fourth-order valence-corrected chi connectivity index (χ4v) is 3.11. The number of para-hydroxylation sites is 1. The number of halogens is 1. The molecule has 24 heavy (non-hydrogen) atoms. The number of hydrogen-bond donors (Lipinski definition) is 1. The van der Waals surface area contributed by atoms with Gasteiger partial charge in [0.1, 0.15) is 5.69 Å². The Balaban J connectivity index is 1.90. The highest BCUT2D eigenvalue weighted by Crippen LogP contribution is 2.28. The van der Waals surface area contributed by atoms with Crippen molar-refractivity contribution in [2.45, 2.75) is 6.92 Å². The summed E-state index contributed by atoms with van der Waals surface area (Å²) in [5, 5.41) is 5.93. The second kappa shape index (κ2) is 6.88. The first kappa shape index (κ1) is 16.3. The maximum atomic E-state index is 11.5. The molecule has 0 unspecified atom stereocenters. The average Bonchev–Trinajstić information content (AvgIpc) is 2.92. The van der Waals surface area contributed by atoms with Gasteiger partial charge in [-0.05, 0) is 46.6 Å². The van der Waals surface area contributed by atoms with E-state index >= 15 is 0 Å². The van der Waals surface area contributed by atoms with E-state index in [1.807, 2.05) is 68.7 Å². The Kier molecular flexibility index (Phi) is 4.66. The second-order valence-electron chi connectivity index (χ2n) is 5.45. The van der Waals surface area contributed by atoms with Gasteiger partial charge in [-0.15, -0.1) is 0 Å². The van der Waals surface area contributed by atoms with Crippen LogP contribution in [0.15, 0.2) is 59.2 Å². The fourth-order valence-electron chi connectivity index (χ4n) is 2.51. The van der Waals surface area contributed by atoms with Gasteiger partial charge in [0.2, 0.25) is 6.41 Å². The van der Waals surface area contributed by atoms with Crippen LogP contribution in [0.2, 0.25) is 0 Å². The van der Waals surface area contributed by atoms with Crippen molar-refractivity contribution in [1.82, 2.24) is 9.78 Å². The van der Waals surface area contributed by atoms with Crippen LogP contribution in [-0.2, 0) is 11.8 Å². The number of amides is 1. The monoisotopic (exact) mass is 384 g/mol. The van der Waals surface area contributed by atoms with Gasteiger partial charge in [-0.2, -0.15) is 5.10 Å². The van der Waals surface area contributed by atoms with E-state index in [0.29, 0.717) is 0 Å². The third-order valence-electron chi connectivity index (χ3n) is 3.65. The lowest BCUT2D eigenvalue weighted by molar-refractivity contribution is -0.107. The van der Waals surface area contributed by atoms with Crippen LogP contribution in [0.3, 0.4) is 0 Å². The number of hydrazine groups is 1. The number of anilines is 2. The van der Waals surface area contributed by atoms with E-state index in [0.717, 1.165) is 39.1 Å². The molecule has 2 aromatic carbocycles. The Morgan fingerprint density at radius 3 is 2.67 bits per heavy atom. The summed E-state index contributed by atoms with van der Waals surface area (Å²) in [5.74, 6) is 0. The molecule has 1 heterocycles. The molecule has 0 bridgehead atoms. The van der Waals surface area contributed by atoms with Crippen molar-refractivity contribution in [1.29, 1.82) is 0 Å². The highest BCUT2D eigenvalue weighted by molar-refractivity contribution is 9.10. The molecule has 0 aliphatic rings. The van der Waals surface area contributed by atoms with Crippen molar-refractivity contribution >= 4 is 33.7 Å². The third-order valence-corrected chi connectivity index (χ3v) is 4.23. The van der Waals surface area contributed by atoms with Crippen LogP contribution >= 0.6 is 15.9 Å². The maximum Gasteiger partial charge on any atom is 0.232 e. The minimum absolute atomic E-state index is 0.770. The summed E-state index contributed by atoms with van der Waals surface area (Å²) in [4.78, 5) is 11.5. The number of hydrogen-bond acceptors (Lipinski definition) is 3. The molecule has 6 heteroatoms. The maximum absolute atomic E-state index is 11.5. The van der Waals surface area contributed by atoms with E-state index in [-0.39, 0.29) is 0 Å². The SMILES string of the molecule is Cc1ccccc1N(C=O)Nc1cccc(-c2nn(C)cc2Br)c1. The van der Waals surface area contributed by atoms with E-state index in [1.54, 1.807) is 4.68 Å². The predicted molar refractivity (Wildman–Crippen MR) is 99.7 cm³/mol. The number of aromatic nitrogens is 2. The topological polar surface area (TPSA) is 50.2 Å². The number of nitrogens with one attached hydrogen (secondary N) is 1. The van der Waals surface area contributed by atoms with Gasteiger partial charge >= 0.3 is 0 Å². The van der Waals surface area contributed by atoms with Gasteiger partial charge in [-0.3, -0.25) is 14.9 Å². The third kappa shape index (κ3) is 3.33. The van der Waals surface area contributed by atoms with Gasteiger partial charge in [0.05, 0.1) is 15.8 Å². The molecule has 0 aliphatic carbocycles. The Bertz CT molecular complexity index is 875. The minimum atomic E-state index is 0.770. The van der Waals surface area contributed by atoms with Crippen molar-refractivity contribution in [3.05, 3.63) is 64.8 Å². The molecule has 0 spiro atoms. The van der Waals surface area contributed by atoms with Gasteiger partial charge in [-0.25, -0.2) is 5.01 Å². The van der Waals surface area contributed by atoms with Crippen LogP contribution < -0.4 is 10.4 Å². The van der Waals surface area contributed by atoms with E-state index in [1.165, 1.54) is 5.01 Å². The summed E-state index contributed by atoms with van der Waals surface area (Å²) in [7, 11) is 1.88. The molecule has 1 amide bonds. The standard InChI is InChI=1S/C18H17BrN4O/c1-13-6-3-4-9-17(13)23(12-24)20-15-8-5-7-14(10-15)18-16(19)11-22(2)21-18/h3-12,20H,1-2H3. The lowest BCUT2D eigenvalue weighted by atomic mass is 10.1. The van der Waals surface area contributed by atoms with Crippen molar-refractivity contribution in [2.75, 3.05) is 10.4 Å². The van der Waals surface area contributed by atoms with Crippen LogP contribution in [0.4, 0.5) is 11.4 Å². The minimum Gasteiger partial charge on any atom is -0.292 e. The van der Waals surface area contributed by atoms with Crippen LogP contribution in [0.25, 0.3) is 11.3 Å². The van der Waals surface area contributed by atoms with Crippen molar-refractivity contribution in [3.8, 4) is 11.3 Å². The van der Waals surface area contributed by atoms with Crippen molar-refractivity contribution in [3.63, 3.8) is 0 Å². The first-order chi connectivity index (χ1) is 11.6. The lowest BCUT2D eigenvalue weighted by Gasteiger charge is -2.21. The summed E-state index contributed by atoms with van der Waals surface area (Å²) in [5.41, 5.74) is 7.59. The second-order valence-corrected chi connectivity index (χ2v) is 6.31. The molecular formula is C18H17BrN4O. The molecule has 0 saturated carbocycles. The largest absolute Gasteiger partial charge is 0.292 e. The predicted octanol–water partition coefficient (Wildman–Crippen LogP) is 4.15. The van der Waals surface area contributed by atoms with Crippen LogP contribution in [0.5, 0.6) is 0 Å². The summed E-state index contributed by atoms with van der Waals surface area (Å²) in [6, 6.07) is 15.5. The normalized spacial score (nSPS) is 10.5. The van der Waals surface area contributed by atoms with Crippen LogP contribution in [0, 0.1) is 6.92 Å². The van der Waals surface area contributed by atoms with E-state index in [4.69, 9.17) is 0 Å². The van der Waals surface area contributed by atoms with Gasteiger partial charge in [-0.1, -0.05) is 30.3 Å². The quantitative estimate of drug-likeness (QED) is 0.530. The van der Waals surface area contributed by atoms with Crippen LogP contribution in [-0.4, -0.2) is 16.2 Å². The van der Waals surface area contributed by atoms with Gasteiger partial charge < -0.3 is 0 Å². The first-order valence-electron chi connectivity index (χ1n) is 7.45. The molecule has 1 N–H and O–H groups in total. The van der Waals surface area contributed by atoms with Crippen molar-refractivity contribution < 1.29 is 4.79 Å². The molecule has 3 rings (SSSR count). The summed E-state index contributed by atoms with van der Waals surface area (Å²) in [6.45, 7) is 1.97. The Labute approximate surface area is 149 Å². The number of aryl methyl sites for hydroxylation is 2. The van der Waals surface area contributed by atoms with E-state index in [2.05, 4.69) is 26.5 Å². The summed E-state index contributed by atoms with van der Waals surface area (Å²) >= 11 is 3.52. The lowest BCUT2D eigenvalue weighted by Crippen LogP contribution is -2.28. The zero-order chi connectivity index (χ0) is 17.1. The number of carbonyl (C=O) groups is 1. The molecule has 0 aliphatic heterocycles. The van der Waals surface area contributed by atoms with Gasteiger partial charge in [0, 0.05) is 18.8 Å². The molecule has 3 aromatic rings. The number of nitrogens with zero attached hydrogens (tertiary/aromatic N) is 3. The van der Waals surface area contributed by atoms with Crippen LogP contribution in [0.1, 0.15) is 5.56 Å². The summed E-state index contributed by atoms with van der Waals surface area (Å²) in [6.07, 6.45) is 2.67. The Morgan fingerprint density at radius 2 is 2.00 bits per heavy atom. The van der Waals surface area contributed by atoms with Gasteiger partial charge in [0.25, 0.3) is 0 Å². The highest BCUT2D eigenvalue weighted by atomic mass is 79.9. The van der Waals surface area contributed by atoms with Crippen molar-refractivity contribution in [2.24, 2.45) is 7.05 Å².